The summed E-state index contributed by atoms with van der Waals surface area (Å²) < 4.78 is 5.83. The van der Waals surface area contributed by atoms with E-state index in [0.717, 1.165) is 22.1 Å². The Labute approximate surface area is 118 Å². The predicted molar refractivity (Wildman–Crippen MR) is 80.8 cm³/mol. The molecule has 0 radical (unpaired) electrons. The van der Waals surface area contributed by atoms with Crippen LogP contribution in [-0.2, 0) is 0 Å². The molecule has 2 heteroatoms. The van der Waals surface area contributed by atoms with Crippen LogP contribution >= 0.6 is 0 Å². The van der Waals surface area contributed by atoms with Crippen LogP contribution in [0.25, 0.3) is 22.1 Å². The smallest absolute Gasteiger partial charge is 0.200 e. The summed E-state index contributed by atoms with van der Waals surface area (Å²) in [5, 5.41) is 0.968. The van der Waals surface area contributed by atoms with Gasteiger partial charge in [-0.3, -0.25) is 4.79 Å². The van der Waals surface area contributed by atoms with Gasteiger partial charge in [-0.2, -0.15) is 0 Å². The lowest BCUT2D eigenvalue weighted by Gasteiger charge is -2.02. The summed E-state index contributed by atoms with van der Waals surface area (Å²) >= 11 is 0. The lowest BCUT2D eigenvalue weighted by molar-refractivity contribution is 0.0913. The van der Waals surface area contributed by atoms with Crippen LogP contribution in [0.15, 0.2) is 59.0 Å². The topological polar surface area (TPSA) is 30.2 Å². The molecule has 20 heavy (non-hydrogen) atoms. The molecule has 0 fully saturated rings. The standard InChI is InChI=1S/C18H16O2/c1-12(2)17(19)16-11-14-9-6-10-15(18(14)20-16)13-7-4-3-5-8-13/h3-12H,1-2H3. The number of rotatable bonds is 3. The van der Waals surface area contributed by atoms with Gasteiger partial charge in [-0.25, -0.2) is 0 Å². The lowest BCUT2D eigenvalue weighted by atomic mass is 10.0. The van der Waals surface area contributed by atoms with E-state index in [9.17, 15) is 4.79 Å². The molecule has 100 valence electrons. The molecule has 0 saturated heterocycles. The van der Waals surface area contributed by atoms with Gasteiger partial charge in [-0.15, -0.1) is 0 Å². The Bertz CT molecular complexity index is 751. The maximum Gasteiger partial charge on any atom is 0.200 e. The Morgan fingerprint density at radius 3 is 2.45 bits per heavy atom. The van der Waals surface area contributed by atoms with Gasteiger partial charge >= 0.3 is 0 Å². The second-order valence-corrected chi connectivity index (χ2v) is 5.22. The third kappa shape index (κ3) is 2.14. The normalized spacial score (nSPS) is 11.2. The predicted octanol–water partition coefficient (Wildman–Crippen LogP) is 4.94. The molecule has 0 amide bonds. The van der Waals surface area contributed by atoms with Gasteiger partial charge in [0.1, 0.15) is 5.58 Å². The number of carbonyl (C=O) groups is 1. The van der Waals surface area contributed by atoms with Gasteiger partial charge in [0.05, 0.1) is 0 Å². The second-order valence-electron chi connectivity index (χ2n) is 5.22. The Hall–Kier alpha value is -2.35. The third-order valence-electron chi connectivity index (χ3n) is 3.40. The monoisotopic (exact) mass is 264 g/mol. The summed E-state index contributed by atoms with van der Waals surface area (Å²) in [5.74, 6) is 0.425. The zero-order valence-corrected chi connectivity index (χ0v) is 11.6. The second kappa shape index (κ2) is 4.97. The average Bonchev–Trinajstić information content (AvgIpc) is 2.91. The molecule has 0 N–H and O–H groups in total. The first-order valence-corrected chi connectivity index (χ1v) is 6.79. The van der Waals surface area contributed by atoms with Crippen LogP contribution in [0.2, 0.25) is 0 Å². The SMILES string of the molecule is CC(C)C(=O)c1cc2cccc(-c3ccccc3)c2o1. The maximum atomic E-state index is 12.1. The third-order valence-corrected chi connectivity index (χ3v) is 3.40. The first-order chi connectivity index (χ1) is 9.66. The number of benzene rings is 2. The van der Waals surface area contributed by atoms with E-state index in [0.29, 0.717) is 5.76 Å². The Balaban J connectivity index is 2.18. The minimum Gasteiger partial charge on any atom is -0.452 e. The van der Waals surface area contributed by atoms with Gasteiger partial charge in [-0.05, 0) is 11.6 Å². The molecule has 0 aliphatic heterocycles. The summed E-state index contributed by atoms with van der Waals surface area (Å²) in [5.41, 5.74) is 2.89. The molecule has 0 spiro atoms. The lowest BCUT2D eigenvalue weighted by Crippen LogP contribution is -2.05. The quantitative estimate of drug-likeness (QED) is 0.627. The van der Waals surface area contributed by atoms with Gasteiger partial charge in [0.25, 0.3) is 0 Å². The van der Waals surface area contributed by atoms with E-state index in [-0.39, 0.29) is 11.7 Å². The number of furan rings is 1. The van der Waals surface area contributed by atoms with Crippen LogP contribution in [0.3, 0.4) is 0 Å². The van der Waals surface area contributed by atoms with Crippen LogP contribution in [0.5, 0.6) is 0 Å². The number of ketones is 1. The minimum atomic E-state index is -0.0595. The van der Waals surface area contributed by atoms with E-state index in [1.165, 1.54) is 0 Å². The van der Waals surface area contributed by atoms with Crippen molar-refractivity contribution < 1.29 is 9.21 Å². The minimum absolute atomic E-state index is 0.0419. The molecular formula is C18H16O2. The molecule has 3 rings (SSSR count). The van der Waals surface area contributed by atoms with E-state index in [2.05, 4.69) is 0 Å². The summed E-state index contributed by atoms with van der Waals surface area (Å²) in [6.07, 6.45) is 0. The van der Waals surface area contributed by atoms with Gasteiger partial charge in [0.2, 0.25) is 5.78 Å². The molecule has 3 aromatic rings. The van der Waals surface area contributed by atoms with Crippen LogP contribution in [0.1, 0.15) is 24.4 Å². The molecule has 0 aliphatic rings. The van der Waals surface area contributed by atoms with Crippen molar-refractivity contribution in [3.63, 3.8) is 0 Å². The molecule has 2 aromatic carbocycles. The molecule has 0 saturated carbocycles. The maximum absolute atomic E-state index is 12.1. The fourth-order valence-electron chi connectivity index (χ4n) is 2.31. The van der Waals surface area contributed by atoms with E-state index < -0.39 is 0 Å². The number of hydrogen-bond donors (Lipinski definition) is 0. The Morgan fingerprint density at radius 1 is 1.00 bits per heavy atom. The van der Waals surface area contributed by atoms with Gasteiger partial charge in [0, 0.05) is 16.9 Å². The average molecular weight is 264 g/mol. The molecule has 0 aliphatic carbocycles. The molecular weight excluding hydrogens is 248 g/mol. The van der Waals surface area contributed by atoms with Gasteiger partial charge in [-0.1, -0.05) is 62.4 Å². The van der Waals surface area contributed by atoms with E-state index in [1.807, 2.05) is 68.4 Å². The van der Waals surface area contributed by atoms with Crippen LogP contribution < -0.4 is 0 Å². The van der Waals surface area contributed by atoms with Gasteiger partial charge in [0.15, 0.2) is 5.76 Å². The van der Waals surface area contributed by atoms with Crippen molar-refractivity contribution in [2.45, 2.75) is 13.8 Å². The van der Waals surface area contributed by atoms with Crippen molar-refractivity contribution in [1.82, 2.24) is 0 Å². The first kappa shape index (κ1) is 12.7. The van der Waals surface area contributed by atoms with Crippen LogP contribution in [0.4, 0.5) is 0 Å². The van der Waals surface area contributed by atoms with E-state index in [4.69, 9.17) is 4.42 Å². The van der Waals surface area contributed by atoms with Crippen LogP contribution in [0, 0.1) is 5.92 Å². The number of fused-ring (bicyclic) bond motifs is 1. The molecule has 1 aromatic heterocycles. The number of hydrogen-bond acceptors (Lipinski definition) is 2. The Kier molecular flexibility index (Phi) is 3.15. The highest BCUT2D eigenvalue weighted by atomic mass is 16.3. The molecule has 0 atom stereocenters. The molecule has 1 heterocycles. The van der Waals surface area contributed by atoms with Crippen molar-refractivity contribution in [2.24, 2.45) is 5.92 Å². The summed E-state index contributed by atoms with van der Waals surface area (Å²) in [4.78, 5) is 12.1. The van der Waals surface area contributed by atoms with Gasteiger partial charge < -0.3 is 4.42 Å². The fraction of sp³-hybridized carbons (Fsp3) is 0.167. The van der Waals surface area contributed by atoms with E-state index in [1.54, 1.807) is 0 Å². The molecule has 2 nitrogen and oxygen atoms in total. The highest BCUT2D eigenvalue weighted by Crippen LogP contribution is 2.31. The summed E-state index contributed by atoms with van der Waals surface area (Å²) in [7, 11) is 0. The molecule has 0 unspecified atom stereocenters. The first-order valence-electron chi connectivity index (χ1n) is 6.79. The van der Waals surface area contributed by atoms with Crippen molar-refractivity contribution in [1.29, 1.82) is 0 Å². The number of Topliss-reactive ketones (excluding diaryl/α,β-unsaturated/α-hetero) is 1. The number of para-hydroxylation sites is 1. The Morgan fingerprint density at radius 2 is 1.75 bits per heavy atom. The van der Waals surface area contributed by atoms with Crippen molar-refractivity contribution in [2.75, 3.05) is 0 Å². The number of carbonyl (C=O) groups excluding carboxylic acids is 1. The van der Waals surface area contributed by atoms with Crippen molar-refractivity contribution in [3.05, 3.63) is 60.4 Å². The van der Waals surface area contributed by atoms with E-state index >= 15 is 0 Å². The zero-order valence-electron chi connectivity index (χ0n) is 11.6. The van der Waals surface area contributed by atoms with Crippen molar-refractivity contribution >= 4 is 16.8 Å². The fourth-order valence-corrected chi connectivity index (χ4v) is 2.31. The highest BCUT2D eigenvalue weighted by molar-refractivity contribution is 6.01. The van der Waals surface area contributed by atoms with Crippen molar-refractivity contribution in [3.8, 4) is 11.1 Å². The zero-order chi connectivity index (χ0) is 14.1. The summed E-state index contributed by atoms with van der Waals surface area (Å²) in [6, 6.07) is 17.9. The highest BCUT2D eigenvalue weighted by Gasteiger charge is 2.17. The molecule has 0 bridgehead atoms. The van der Waals surface area contributed by atoms with Crippen LogP contribution in [-0.4, -0.2) is 5.78 Å². The summed E-state index contributed by atoms with van der Waals surface area (Å²) in [6.45, 7) is 3.77. The largest absolute Gasteiger partial charge is 0.452 e.